The molecular weight excluding hydrogens is 544 g/mol. The van der Waals surface area contributed by atoms with Gasteiger partial charge in [0.25, 0.3) is 0 Å². The minimum Gasteiger partial charge on any atom is -0.310 e. The summed E-state index contributed by atoms with van der Waals surface area (Å²) in [5.41, 5.74) is 6.65. The average Bonchev–Trinajstić information content (AvgIpc) is 3.10. The molecule has 0 atom stereocenters. The molecule has 0 aliphatic carbocycles. The molecule has 7 rings (SSSR count). The van der Waals surface area contributed by atoms with Crippen molar-refractivity contribution in [1.29, 1.82) is 0 Å². The maximum Gasteiger partial charge on any atom is 0.0546 e. The number of nitrogens with zero attached hydrogens (tertiary/aromatic N) is 2. The van der Waals surface area contributed by atoms with Crippen molar-refractivity contribution < 1.29 is 0 Å². The quantitative estimate of drug-likeness (QED) is 0.131. The molecule has 0 unspecified atom stereocenters. The number of rotatable bonds is 8. The number of allylic oxidation sites excluding steroid dienone is 4. The summed E-state index contributed by atoms with van der Waals surface area (Å²) in [7, 11) is 0. The van der Waals surface area contributed by atoms with Gasteiger partial charge in [-0.2, -0.15) is 0 Å². The van der Waals surface area contributed by atoms with E-state index in [9.17, 15) is 0 Å². The van der Waals surface area contributed by atoms with Crippen LogP contribution in [-0.2, 0) is 0 Å². The van der Waals surface area contributed by atoms with Gasteiger partial charge in [-0.3, -0.25) is 0 Å². The van der Waals surface area contributed by atoms with Gasteiger partial charge in [0.1, 0.15) is 0 Å². The van der Waals surface area contributed by atoms with Crippen LogP contribution in [0.15, 0.2) is 188 Å². The summed E-state index contributed by atoms with van der Waals surface area (Å²) in [4.78, 5) is 4.71. The Kier molecular flexibility index (Phi) is 7.70. The Hall–Kier alpha value is -5.86. The predicted octanol–water partition coefficient (Wildman–Crippen LogP) is 12.4. The van der Waals surface area contributed by atoms with E-state index >= 15 is 0 Å². The fourth-order valence-electron chi connectivity index (χ4n) is 6.36. The van der Waals surface area contributed by atoms with Gasteiger partial charge in [0.2, 0.25) is 0 Å². The lowest BCUT2D eigenvalue weighted by atomic mass is 9.93. The minimum absolute atomic E-state index is 1.04. The summed E-state index contributed by atoms with van der Waals surface area (Å²) in [6, 6.07) is 54.2. The van der Waals surface area contributed by atoms with Gasteiger partial charge in [0.15, 0.2) is 0 Å². The summed E-state index contributed by atoms with van der Waals surface area (Å²) in [6.07, 6.45) is 8.16. The van der Waals surface area contributed by atoms with Crippen molar-refractivity contribution >= 4 is 60.8 Å². The molecule has 0 N–H and O–H groups in total. The normalized spacial score (nSPS) is 11.8. The summed E-state index contributed by atoms with van der Waals surface area (Å²) >= 11 is 0. The van der Waals surface area contributed by atoms with E-state index in [0.29, 0.717) is 0 Å². The second kappa shape index (κ2) is 12.4. The number of hydrogen-bond acceptors (Lipinski definition) is 2. The third kappa shape index (κ3) is 5.17. The molecule has 0 radical (unpaired) electrons. The molecule has 216 valence electrons. The van der Waals surface area contributed by atoms with Crippen LogP contribution in [0.5, 0.6) is 0 Å². The van der Waals surface area contributed by atoms with E-state index in [2.05, 4.69) is 193 Å². The third-order valence-corrected chi connectivity index (χ3v) is 8.25. The minimum atomic E-state index is 1.04. The molecule has 0 fully saturated rings. The molecule has 0 aliphatic heterocycles. The lowest BCUT2D eigenvalue weighted by Crippen LogP contribution is -2.15. The highest BCUT2D eigenvalue weighted by molar-refractivity contribution is 6.24. The van der Waals surface area contributed by atoms with Gasteiger partial charge in [-0.15, -0.1) is 0 Å². The van der Waals surface area contributed by atoms with E-state index in [1.54, 1.807) is 0 Å². The smallest absolute Gasteiger partial charge is 0.0546 e. The number of anilines is 5. The van der Waals surface area contributed by atoms with Crippen LogP contribution in [0, 0.1) is 0 Å². The molecule has 7 aromatic rings. The van der Waals surface area contributed by atoms with Crippen LogP contribution in [0.25, 0.3) is 32.3 Å². The maximum absolute atomic E-state index is 4.04. The lowest BCUT2D eigenvalue weighted by Gasteiger charge is -2.30. The topological polar surface area (TPSA) is 6.48 Å². The van der Waals surface area contributed by atoms with Crippen LogP contribution < -0.4 is 9.80 Å². The standard InChI is InChI=1S/C43H34N2/c1-3-18-32(19-4-2)44(33-20-8-5-9-21-33)42-30-40-37-27-15-17-29-39(37)43(31-41(40)36-26-14-16-28-38(36)42)45(34-22-10-6-11-23-34)35-24-12-7-13-25-35/h3-31H,1H2,2H3/b19-4-,32-18+. The van der Waals surface area contributed by atoms with Crippen molar-refractivity contribution in [3.8, 4) is 0 Å². The monoisotopic (exact) mass is 578 g/mol. The van der Waals surface area contributed by atoms with E-state index in [1.807, 2.05) is 6.08 Å². The van der Waals surface area contributed by atoms with Crippen LogP contribution in [0.1, 0.15) is 6.92 Å². The van der Waals surface area contributed by atoms with Gasteiger partial charge >= 0.3 is 0 Å². The van der Waals surface area contributed by atoms with Crippen LogP contribution in [0.3, 0.4) is 0 Å². The largest absolute Gasteiger partial charge is 0.310 e. The summed E-state index contributed by atoms with van der Waals surface area (Å²) in [5, 5.41) is 7.22. The van der Waals surface area contributed by atoms with Crippen molar-refractivity contribution in [1.82, 2.24) is 0 Å². The zero-order chi connectivity index (χ0) is 30.6. The second-order valence-corrected chi connectivity index (χ2v) is 11.0. The molecule has 2 heteroatoms. The molecular formula is C43H34N2. The van der Waals surface area contributed by atoms with Gasteiger partial charge < -0.3 is 9.80 Å². The van der Waals surface area contributed by atoms with E-state index < -0.39 is 0 Å². The average molecular weight is 579 g/mol. The highest BCUT2D eigenvalue weighted by atomic mass is 15.2. The first-order valence-corrected chi connectivity index (χ1v) is 15.4. The van der Waals surface area contributed by atoms with Crippen LogP contribution in [0.2, 0.25) is 0 Å². The van der Waals surface area contributed by atoms with Gasteiger partial charge in [0, 0.05) is 33.5 Å². The Bertz CT molecular complexity index is 2140. The number of hydrogen-bond donors (Lipinski definition) is 0. The first-order chi connectivity index (χ1) is 22.3. The molecule has 0 bridgehead atoms. The number of benzene rings is 7. The summed E-state index contributed by atoms with van der Waals surface area (Å²) in [5.74, 6) is 0. The van der Waals surface area contributed by atoms with Crippen molar-refractivity contribution in [2.75, 3.05) is 9.80 Å². The molecule has 0 saturated heterocycles. The number of fused-ring (bicyclic) bond motifs is 5. The molecule has 0 amide bonds. The molecule has 0 spiro atoms. The van der Waals surface area contributed by atoms with E-state index in [-0.39, 0.29) is 0 Å². The Labute approximate surface area is 265 Å². The molecule has 0 saturated carbocycles. The maximum atomic E-state index is 4.04. The molecule has 0 heterocycles. The fourth-order valence-corrected chi connectivity index (χ4v) is 6.36. The van der Waals surface area contributed by atoms with E-state index in [0.717, 1.165) is 34.1 Å². The molecule has 7 aromatic carbocycles. The third-order valence-electron chi connectivity index (χ3n) is 8.25. The SMILES string of the molecule is C=C/C=C(\C=C/C)N(c1ccccc1)c1cc2c3ccccc3c(N(c3ccccc3)c3ccccc3)cc2c2ccccc12. The highest BCUT2D eigenvalue weighted by Crippen LogP contribution is 2.46. The first kappa shape index (κ1) is 27.9. The molecule has 45 heavy (non-hydrogen) atoms. The van der Waals surface area contributed by atoms with E-state index in [1.165, 1.54) is 32.3 Å². The van der Waals surface area contributed by atoms with Crippen molar-refractivity contribution in [3.05, 3.63) is 188 Å². The van der Waals surface area contributed by atoms with Crippen LogP contribution >= 0.6 is 0 Å². The summed E-state index contributed by atoms with van der Waals surface area (Å²) < 4.78 is 0. The van der Waals surface area contributed by atoms with Gasteiger partial charge in [0.05, 0.1) is 11.4 Å². The Morgan fingerprint density at radius 1 is 0.489 bits per heavy atom. The van der Waals surface area contributed by atoms with Gasteiger partial charge in [-0.05, 0) is 89.2 Å². The second-order valence-electron chi connectivity index (χ2n) is 11.0. The molecule has 0 aliphatic rings. The molecule has 2 nitrogen and oxygen atoms in total. The van der Waals surface area contributed by atoms with Crippen molar-refractivity contribution in [2.45, 2.75) is 6.92 Å². The van der Waals surface area contributed by atoms with Gasteiger partial charge in [-0.1, -0.05) is 122 Å². The number of para-hydroxylation sites is 3. The lowest BCUT2D eigenvalue weighted by molar-refractivity contribution is 1.22. The van der Waals surface area contributed by atoms with Crippen molar-refractivity contribution in [2.24, 2.45) is 0 Å². The zero-order valence-electron chi connectivity index (χ0n) is 25.3. The Morgan fingerprint density at radius 2 is 0.911 bits per heavy atom. The van der Waals surface area contributed by atoms with Crippen LogP contribution in [-0.4, -0.2) is 0 Å². The van der Waals surface area contributed by atoms with Crippen molar-refractivity contribution in [3.63, 3.8) is 0 Å². The van der Waals surface area contributed by atoms with E-state index in [4.69, 9.17) is 0 Å². The molecule has 0 aromatic heterocycles. The van der Waals surface area contributed by atoms with Gasteiger partial charge in [-0.25, -0.2) is 0 Å². The Morgan fingerprint density at radius 3 is 1.40 bits per heavy atom. The highest BCUT2D eigenvalue weighted by Gasteiger charge is 2.21. The first-order valence-electron chi connectivity index (χ1n) is 15.4. The zero-order valence-corrected chi connectivity index (χ0v) is 25.3. The van der Waals surface area contributed by atoms with Crippen LogP contribution in [0.4, 0.5) is 28.4 Å². The Balaban J connectivity index is 1.60. The fraction of sp³-hybridized carbons (Fsp3) is 0.0233. The predicted molar refractivity (Wildman–Crippen MR) is 195 cm³/mol. The summed E-state index contributed by atoms with van der Waals surface area (Å²) in [6.45, 7) is 6.09.